The van der Waals surface area contributed by atoms with E-state index >= 15 is 0 Å². The Morgan fingerprint density at radius 1 is 1.22 bits per heavy atom. The first-order chi connectivity index (χ1) is 10.9. The SMILES string of the molecule is CC(=O)C(Cc1ccccc1)NC(=O)CN1CC(C)OC(C)C1. The van der Waals surface area contributed by atoms with Crippen LogP contribution in [0.4, 0.5) is 0 Å². The number of hydrogen-bond acceptors (Lipinski definition) is 4. The number of ketones is 1. The van der Waals surface area contributed by atoms with Crippen LogP contribution in [0.3, 0.4) is 0 Å². The minimum atomic E-state index is -0.471. The number of nitrogens with one attached hydrogen (secondary N) is 1. The van der Waals surface area contributed by atoms with Gasteiger partial charge in [0.1, 0.15) is 0 Å². The fourth-order valence-electron chi connectivity index (χ4n) is 3.00. The fourth-order valence-corrected chi connectivity index (χ4v) is 3.00. The molecule has 1 aliphatic rings. The van der Waals surface area contributed by atoms with E-state index in [0.717, 1.165) is 18.7 Å². The smallest absolute Gasteiger partial charge is 0.234 e. The number of rotatable bonds is 6. The van der Waals surface area contributed by atoms with Crippen LogP contribution in [0.5, 0.6) is 0 Å². The van der Waals surface area contributed by atoms with E-state index in [2.05, 4.69) is 10.2 Å². The van der Waals surface area contributed by atoms with Gasteiger partial charge in [-0.1, -0.05) is 30.3 Å². The summed E-state index contributed by atoms with van der Waals surface area (Å²) in [5.41, 5.74) is 1.04. The molecule has 3 unspecified atom stereocenters. The van der Waals surface area contributed by atoms with Gasteiger partial charge in [-0.2, -0.15) is 0 Å². The number of hydrogen-bond donors (Lipinski definition) is 1. The van der Waals surface area contributed by atoms with Crippen molar-refractivity contribution in [3.63, 3.8) is 0 Å². The fraction of sp³-hybridized carbons (Fsp3) is 0.556. The van der Waals surface area contributed by atoms with Gasteiger partial charge in [0.05, 0.1) is 24.8 Å². The van der Waals surface area contributed by atoms with Crippen LogP contribution in [0.15, 0.2) is 30.3 Å². The molecule has 1 saturated heterocycles. The second-order valence-corrected chi connectivity index (χ2v) is 6.37. The van der Waals surface area contributed by atoms with E-state index in [9.17, 15) is 9.59 Å². The zero-order valence-electron chi connectivity index (χ0n) is 14.1. The zero-order valence-corrected chi connectivity index (χ0v) is 14.1. The van der Waals surface area contributed by atoms with Gasteiger partial charge in [-0.3, -0.25) is 14.5 Å². The Bertz CT molecular complexity index is 522. The number of amides is 1. The zero-order chi connectivity index (χ0) is 16.8. The Labute approximate surface area is 138 Å². The van der Waals surface area contributed by atoms with Crippen molar-refractivity contribution in [2.75, 3.05) is 19.6 Å². The van der Waals surface area contributed by atoms with Crippen molar-refractivity contribution in [2.45, 2.75) is 45.4 Å². The number of morpholine rings is 1. The second kappa shape index (κ2) is 8.22. The molecule has 126 valence electrons. The van der Waals surface area contributed by atoms with E-state index < -0.39 is 6.04 Å². The maximum absolute atomic E-state index is 12.3. The number of nitrogens with zero attached hydrogens (tertiary/aromatic N) is 1. The van der Waals surface area contributed by atoms with Gasteiger partial charge in [-0.05, 0) is 32.8 Å². The molecule has 0 saturated carbocycles. The van der Waals surface area contributed by atoms with Gasteiger partial charge < -0.3 is 10.1 Å². The molecule has 23 heavy (non-hydrogen) atoms. The molecule has 5 nitrogen and oxygen atoms in total. The number of carbonyl (C=O) groups excluding carboxylic acids is 2. The Morgan fingerprint density at radius 2 is 1.83 bits per heavy atom. The highest BCUT2D eigenvalue weighted by Crippen LogP contribution is 2.10. The molecule has 0 aromatic heterocycles. The van der Waals surface area contributed by atoms with Gasteiger partial charge in [0.25, 0.3) is 0 Å². The molecule has 1 aliphatic heterocycles. The predicted octanol–water partition coefficient (Wildman–Crippen LogP) is 1.41. The van der Waals surface area contributed by atoms with E-state index in [-0.39, 0.29) is 23.9 Å². The third kappa shape index (κ3) is 5.77. The molecule has 1 amide bonds. The van der Waals surface area contributed by atoms with Gasteiger partial charge in [0, 0.05) is 13.1 Å². The Morgan fingerprint density at radius 3 is 2.39 bits per heavy atom. The number of carbonyl (C=O) groups is 2. The van der Waals surface area contributed by atoms with E-state index in [1.54, 1.807) is 0 Å². The van der Waals surface area contributed by atoms with Crippen LogP contribution in [-0.4, -0.2) is 54.5 Å². The average Bonchev–Trinajstić information content (AvgIpc) is 2.46. The van der Waals surface area contributed by atoms with Crippen LogP contribution < -0.4 is 5.32 Å². The van der Waals surface area contributed by atoms with Gasteiger partial charge in [0.15, 0.2) is 5.78 Å². The largest absolute Gasteiger partial charge is 0.373 e. The average molecular weight is 318 g/mol. The van der Waals surface area contributed by atoms with E-state index in [4.69, 9.17) is 4.74 Å². The summed E-state index contributed by atoms with van der Waals surface area (Å²) >= 11 is 0. The Balaban J connectivity index is 1.89. The van der Waals surface area contributed by atoms with Crippen LogP contribution in [0.1, 0.15) is 26.3 Å². The molecule has 0 bridgehead atoms. The summed E-state index contributed by atoms with van der Waals surface area (Å²) in [6.07, 6.45) is 0.775. The van der Waals surface area contributed by atoms with Gasteiger partial charge in [-0.25, -0.2) is 0 Å². The van der Waals surface area contributed by atoms with Crippen molar-refractivity contribution in [2.24, 2.45) is 0 Å². The van der Waals surface area contributed by atoms with E-state index in [1.807, 2.05) is 44.2 Å². The highest BCUT2D eigenvalue weighted by Gasteiger charge is 2.25. The number of benzene rings is 1. The summed E-state index contributed by atoms with van der Waals surface area (Å²) in [5.74, 6) is -0.131. The summed E-state index contributed by atoms with van der Waals surface area (Å²) in [5, 5.41) is 2.87. The molecule has 1 aromatic rings. The molecule has 0 spiro atoms. The third-order valence-corrected chi connectivity index (χ3v) is 3.97. The molecule has 1 N–H and O–H groups in total. The monoisotopic (exact) mass is 318 g/mol. The van der Waals surface area contributed by atoms with Crippen LogP contribution in [0, 0.1) is 0 Å². The summed E-state index contributed by atoms with van der Waals surface area (Å²) < 4.78 is 5.67. The third-order valence-electron chi connectivity index (χ3n) is 3.97. The molecule has 0 radical (unpaired) electrons. The molecular weight excluding hydrogens is 292 g/mol. The quantitative estimate of drug-likeness (QED) is 0.862. The minimum Gasteiger partial charge on any atom is -0.373 e. The lowest BCUT2D eigenvalue weighted by atomic mass is 10.0. The molecule has 1 aromatic carbocycles. The van der Waals surface area contributed by atoms with E-state index in [1.165, 1.54) is 6.92 Å². The molecule has 1 fully saturated rings. The van der Waals surface area contributed by atoms with Crippen LogP contribution in [0.25, 0.3) is 0 Å². The van der Waals surface area contributed by atoms with Crippen molar-refractivity contribution in [1.29, 1.82) is 0 Å². The lowest BCUT2D eigenvalue weighted by Gasteiger charge is -2.35. The van der Waals surface area contributed by atoms with Crippen LogP contribution in [0.2, 0.25) is 0 Å². The van der Waals surface area contributed by atoms with Crippen molar-refractivity contribution in [3.05, 3.63) is 35.9 Å². The first-order valence-electron chi connectivity index (χ1n) is 8.15. The molecule has 0 aliphatic carbocycles. The van der Waals surface area contributed by atoms with Crippen molar-refractivity contribution >= 4 is 11.7 Å². The van der Waals surface area contributed by atoms with E-state index in [0.29, 0.717) is 13.0 Å². The molecule has 3 atom stereocenters. The summed E-state index contributed by atoms with van der Waals surface area (Å²) in [6, 6.07) is 9.27. The summed E-state index contributed by atoms with van der Waals surface area (Å²) in [6.45, 7) is 7.31. The Hall–Kier alpha value is -1.72. The maximum atomic E-state index is 12.3. The number of ether oxygens (including phenoxy) is 1. The normalized spacial score (nSPS) is 23.3. The summed E-state index contributed by atoms with van der Waals surface area (Å²) in [7, 11) is 0. The van der Waals surface area contributed by atoms with Crippen molar-refractivity contribution in [3.8, 4) is 0 Å². The lowest BCUT2D eigenvalue weighted by Crippen LogP contribution is -2.51. The van der Waals surface area contributed by atoms with Crippen molar-refractivity contribution in [1.82, 2.24) is 10.2 Å². The van der Waals surface area contributed by atoms with Gasteiger partial charge >= 0.3 is 0 Å². The van der Waals surface area contributed by atoms with Crippen LogP contribution in [-0.2, 0) is 20.7 Å². The molecule has 2 rings (SSSR count). The molecule has 5 heteroatoms. The van der Waals surface area contributed by atoms with Gasteiger partial charge in [-0.15, -0.1) is 0 Å². The molecular formula is C18H26N2O3. The predicted molar refractivity (Wildman–Crippen MR) is 89.2 cm³/mol. The Kier molecular flexibility index (Phi) is 6.30. The van der Waals surface area contributed by atoms with Crippen molar-refractivity contribution < 1.29 is 14.3 Å². The first-order valence-corrected chi connectivity index (χ1v) is 8.15. The summed E-state index contributed by atoms with van der Waals surface area (Å²) in [4.78, 5) is 26.2. The number of Topliss-reactive ketones (excluding diaryl/α,β-unsaturated/α-hetero) is 1. The molecule has 1 heterocycles. The lowest BCUT2D eigenvalue weighted by molar-refractivity contribution is -0.130. The topological polar surface area (TPSA) is 58.6 Å². The standard InChI is InChI=1S/C18H26N2O3/c1-13-10-20(11-14(2)23-13)12-18(22)19-17(15(3)21)9-16-7-5-4-6-8-16/h4-8,13-14,17H,9-12H2,1-3H3,(H,19,22). The van der Waals surface area contributed by atoms with Crippen LogP contribution >= 0.6 is 0 Å². The maximum Gasteiger partial charge on any atom is 0.234 e. The highest BCUT2D eigenvalue weighted by molar-refractivity contribution is 5.88. The first kappa shape index (κ1) is 17.6. The van der Waals surface area contributed by atoms with Gasteiger partial charge in [0.2, 0.25) is 5.91 Å². The second-order valence-electron chi connectivity index (χ2n) is 6.37. The highest BCUT2D eigenvalue weighted by atomic mass is 16.5. The minimum absolute atomic E-state index is 0.0223.